The van der Waals surface area contributed by atoms with Crippen molar-refractivity contribution in [1.29, 1.82) is 0 Å². The maximum absolute atomic E-state index is 4.53. The van der Waals surface area contributed by atoms with Crippen LogP contribution in [0, 0.1) is 6.92 Å². The van der Waals surface area contributed by atoms with Crippen LogP contribution in [-0.2, 0) is 0 Å². The molecule has 0 aliphatic carbocycles. The molecule has 1 N–H and O–H groups in total. The lowest BCUT2D eigenvalue weighted by Gasteiger charge is -2.18. The molecule has 0 unspecified atom stereocenters. The molecule has 0 fully saturated rings. The van der Waals surface area contributed by atoms with Gasteiger partial charge in [0.15, 0.2) is 0 Å². The summed E-state index contributed by atoms with van der Waals surface area (Å²) in [6.45, 7) is 7.31. The molecule has 0 amide bonds. The molecule has 1 heterocycles. The monoisotopic (exact) mass is 188 g/mol. The molecule has 0 saturated carbocycles. The molecule has 0 atom stereocenters. The van der Waals surface area contributed by atoms with Crippen LogP contribution in [0.2, 0.25) is 0 Å². The number of benzene rings is 1. The van der Waals surface area contributed by atoms with Crippen LogP contribution >= 0.6 is 0 Å². The van der Waals surface area contributed by atoms with Crippen molar-refractivity contribution in [2.24, 2.45) is 4.99 Å². The predicted molar refractivity (Wildman–Crippen MR) is 59.8 cm³/mol. The van der Waals surface area contributed by atoms with E-state index < -0.39 is 0 Å². The van der Waals surface area contributed by atoms with Gasteiger partial charge in [-0.25, -0.2) is 0 Å². The number of nitrogens with one attached hydrogen (secondary N) is 1. The van der Waals surface area contributed by atoms with Gasteiger partial charge in [-0.15, -0.1) is 0 Å². The molecular weight excluding hydrogens is 172 g/mol. The smallest absolute Gasteiger partial charge is 0.129 e. The second kappa shape index (κ2) is 3.12. The minimum atomic E-state index is 0.109. The molecule has 1 aliphatic rings. The summed E-state index contributed by atoms with van der Waals surface area (Å²) in [6.07, 6.45) is 0. The van der Waals surface area contributed by atoms with E-state index in [4.69, 9.17) is 0 Å². The average molecular weight is 188 g/mol. The van der Waals surface area contributed by atoms with Crippen molar-refractivity contribution in [3.63, 3.8) is 0 Å². The van der Waals surface area contributed by atoms with Crippen LogP contribution in [0.1, 0.15) is 25.0 Å². The Morgan fingerprint density at radius 1 is 1.29 bits per heavy atom. The summed E-state index contributed by atoms with van der Waals surface area (Å²) in [5, 5.41) is 3.44. The van der Waals surface area contributed by atoms with Crippen LogP contribution in [0.5, 0.6) is 0 Å². The summed E-state index contributed by atoms with van der Waals surface area (Å²) in [5.74, 6) is 1.04. The van der Waals surface area contributed by atoms with Crippen molar-refractivity contribution < 1.29 is 0 Å². The Kier molecular flexibility index (Phi) is 2.06. The molecule has 0 aromatic heterocycles. The highest BCUT2D eigenvalue weighted by atomic mass is 15.1. The normalized spacial score (nSPS) is 18.9. The Bertz CT molecular complexity index is 378. The second-order valence-corrected chi connectivity index (χ2v) is 4.49. The highest BCUT2D eigenvalue weighted by molar-refractivity contribution is 6.01. The SMILES string of the molecule is Cc1ccccc1C1=NCC(C)(C)N1. The van der Waals surface area contributed by atoms with Crippen molar-refractivity contribution in [3.05, 3.63) is 35.4 Å². The minimum absolute atomic E-state index is 0.109. The summed E-state index contributed by atoms with van der Waals surface area (Å²) in [6, 6.07) is 8.34. The van der Waals surface area contributed by atoms with E-state index in [0.717, 1.165) is 12.4 Å². The molecular formula is C12H16N2. The van der Waals surface area contributed by atoms with E-state index in [2.05, 4.69) is 55.3 Å². The largest absolute Gasteiger partial charge is 0.363 e. The lowest BCUT2D eigenvalue weighted by molar-refractivity contribution is 0.506. The van der Waals surface area contributed by atoms with Gasteiger partial charge in [-0.3, -0.25) is 4.99 Å². The first kappa shape index (κ1) is 9.25. The van der Waals surface area contributed by atoms with E-state index in [0.29, 0.717) is 0 Å². The van der Waals surface area contributed by atoms with E-state index in [-0.39, 0.29) is 5.54 Å². The molecule has 0 radical (unpaired) electrons. The molecule has 1 aliphatic heterocycles. The van der Waals surface area contributed by atoms with E-state index in [9.17, 15) is 0 Å². The van der Waals surface area contributed by atoms with Crippen molar-refractivity contribution >= 4 is 5.84 Å². The van der Waals surface area contributed by atoms with Gasteiger partial charge in [0.05, 0.1) is 12.1 Å². The highest BCUT2D eigenvalue weighted by Crippen LogP contribution is 2.16. The maximum Gasteiger partial charge on any atom is 0.129 e. The molecule has 2 heteroatoms. The summed E-state index contributed by atoms with van der Waals surface area (Å²) >= 11 is 0. The van der Waals surface area contributed by atoms with E-state index >= 15 is 0 Å². The van der Waals surface area contributed by atoms with Crippen LogP contribution in [0.15, 0.2) is 29.3 Å². The Hall–Kier alpha value is -1.31. The Morgan fingerprint density at radius 2 is 2.00 bits per heavy atom. The van der Waals surface area contributed by atoms with Crippen molar-refractivity contribution in [3.8, 4) is 0 Å². The Balaban J connectivity index is 2.30. The van der Waals surface area contributed by atoms with Crippen LogP contribution in [-0.4, -0.2) is 17.9 Å². The van der Waals surface area contributed by atoms with E-state index in [1.807, 2.05) is 0 Å². The number of amidine groups is 1. The third-order valence-electron chi connectivity index (χ3n) is 2.49. The topological polar surface area (TPSA) is 24.4 Å². The zero-order valence-electron chi connectivity index (χ0n) is 8.96. The summed E-state index contributed by atoms with van der Waals surface area (Å²) in [5.41, 5.74) is 2.60. The number of aryl methyl sites for hydroxylation is 1. The lowest BCUT2D eigenvalue weighted by atomic mass is 10.1. The first-order valence-electron chi connectivity index (χ1n) is 4.97. The molecule has 0 bridgehead atoms. The van der Waals surface area contributed by atoms with Gasteiger partial charge < -0.3 is 5.32 Å². The summed E-state index contributed by atoms with van der Waals surface area (Å²) in [7, 11) is 0. The molecule has 1 aromatic carbocycles. The van der Waals surface area contributed by atoms with Gasteiger partial charge in [0.2, 0.25) is 0 Å². The van der Waals surface area contributed by atoms with E-state index in [1.54, 1.807) is 0 Å². The molecule has 2 rings (SSSR count). The second-order valence-electron chi connectivity index (χ2n) is 4.49. The number of rotatable bonds is 1. The van der Waals surface area contributed by atoms with Crippen molar-refractivity contribution in [1.82, 2.24) is 5.32 Å². The fourth-order valence-corrected chi connectivity index (χ4v) is 1.67. The molecule has 2 nitrogen and oxygen atoms in total. The average Bonchev–Trinajstić information content (AvgIpc) is 2.47. The van der Waals surface area contributed by atoms with Crippen molar-refractivity contribution in [2.45, 2.75) is 26.3 Å². The molecule has 74 valence electrons. The minimum Gasteiger partial charge on any atom is -0.363 e. The Morgan fingerprint density at radius 3 is 2.57 bits per heavy atom. The van der Waals surface area contributed by atoms with Gasteiger partial charge in [-0.2, -0.15) is 0 Å². The zero-order valence-corrected chi connectivity index (χ0v) is 8.96. The molecule has 0 spiro atoms. The number of hydrogen-bond acceptors (Lipinski definition) is 2. The molecule has 14 heavy (non-hydrogen) atoms. The third kappa shape index (κ3) is 1.65. The third-order valence-corrected chi connectivity index (χ3v) is 2.49. The van der Waals surface area contributed by atoms with Gasteiger partial charge in [0.25, 0.3) is 0 Å². The number of hydrogen-bond donors (Lipinski definition) is 1. The quantitative estimate of drug-likeness (QED) is 0.717. The molecule has 0 saturated heterocycles. The van der Waals surface area contributed by atoms with Gasteiger partial charge in [0.1, 0.15) is 5.84 Å². The zero-order chi connectivity index (χ0) is 10.2. The summed E-state index contributed by atoms with van der Waals surface area (Å²) in [4.78, 5) is 4.53. The highest BCUT2D eigenvalue weighted by Gasteiger charge is 2.25. The number of nitrogens with zero attached hydrogens (tertiary/aromatic N) is 1. The Labute approximate surface area is 85.1 Å². The first-order chi connectivity index (χ1) is 6.58. The lowest BCUT2D eigenvalue weighted by Crippen LogP contribution is -2.40. The van der Waals surface area contributed by atoms with Crippen LogP contribution < -0.4 is 5.32 Å². The maximum atomic E-state index is 4.53. The van der Waals surface area contributed by atoms with Gasteiger partial charge >= 0.3 is 0 Å². The standard InChI is InChI=1S/C12H16N2/c1-9-6-4-5-7-10(9)11-13-8-12(2,3)14-11/h4-7H,8H2,1-3H3,(H,13,14). The van der Waals surface area contributed by atoms with E-state index in [1.165, 1.54) is 11.1 Å². The molecule has 1 aromatic rings. The van der Waals surface area contributed by atoms with Crippen LogP contribution in [0.25, 0.3) is 0 Å². The van der Waals surface area contributed by atoms with Gasteiger partial charge in [-0.1, -0.05) is 24.3 Å². The fourth-order valence-electron chi connectivity index (χ4n) is 1.67. The summed E-state index contributed by atoms with van der Waals surface area (Å²) < 4.78 is 0. The van der Waals surface area contributed by atoms with Crippen LogP contribution in [0.4, 0.5) is 0 Å². The van der Waals surface area contributed by atoms with Crippen LogP contribution in [0.3, 0.4) is 0 Å². The van der Waals surface area contributed by atoms with Gasteiger partial charge in [-0.05, 0) is 26.3 Å². The number of aliphatic imine (C=N–C) groups is 1. The first-order valence-corrected chi connectivity index (χ1v) is 4.97. The van der Waals surface area contributed by atoms with Crippen molar-refractivity contribution in [2.75, 3.05) is 6.54 Å². The van der Waals surface area contributed by atoms with Gasteiger partial charge in [0, 0.05) is 5.56 Å². The fraction of sp³-hybridized carbons (Fsp3) is 0.417. The predicted octanol–water partition coefficient (Wildman–Crippen LogP) is 2.12.